The summed E-state index contributed by atoms with van der Waals surface area (Å²) in [6.07, 6.45) is 0. The van der Waals surface area contributed by atoms with Crippen LogP contribution in [0, 0.1) is 27.7 Å². The molecule has 118 valence electrons. The van der Waals surface area contributed by atoms with E-state index in [1.807, 2.05) is 11.3 Å². The molecule has 0 aliphatic heterocycles. The minimum atomic E-state index is 1.32. The summed E-state index contributed by atoms with van der Waals surface area (Å²) in [7, 11) is 2.11. The van der Waals surface area contributed by atoms with E-state index in [-0.39, 0.29) is 0 Å². The van der Waals surface area contributed by atoms with Crippen molar-refractivity contribution in [3.05, 3.63) is 70.2 Å². The zero-order valence-electron chi connectivity index (χ0n) is 14.5. The van der Waals surface area contributed by atoms with Gasteiger partial charge >= 0.3 is 0 Å². The van der Waals surface area contributed by atoms with Crippen LogP contribution in [0.1, 0.15) is 21.7 Å². The summed E-state index contributed by atoms with van der Waals surface area (Å²) >= 11 is 1.87. The summed E-state index contributed by atoms with van der Waals surface area (Å²) in [4.78, 5) is 1.39. The molecule has 1 nitrogen and oxygen atoms in total. The number of aryl methyl sites for hydroxylation is 5. The molecule has 0 atom stereocenters. The molecule has 0 aliphatic rings. The minimum Gasteiger partial charge on any atom is -0.348 e. The largest absolute Gasteiger partial charge is 0.348 e. The number of rotatable bonds is 0. The number of thiophene rings is 1. The van der Waals surface area contributed by atoms with E-state index >= 15 is 0 Å². The second kappa shape index (κ2) is 6.21. The normalized spacial score (nSPS) is 10.8. The van der Waals surface area contributed by atoms with Crippen molar-refractivity contribution in [1.29, 1.82) is 0 Å². The number of hydrogen-bond donors (Lipinski definition) is 0. The Morgan fingerprint density at radius 3 is 2.13 bits per heavy atom. The summed E-state index contributed by atoms with van der Waals surface area (Å²) in [6, 6.07) is 17.6. The Hall–Kier alpha value is -2.06. The molecule has 0 amide bonds. The molecule has 0 radical (unpaired) electrons. The highest BCUT2D eigenvalue weighted by Crippen LogP contribution is 2.25. The molecule has 0 bridgehead atoms. The van der Waals surface area contributed by atoms with Gasteiger partial charge < -0.3 is 4.57 Å². The van der Waals surface area contributed by atoms with E-state index in [0.29, 0.717) is 0 Å². The molecular formula is C21H23NS. The Morgan fingerprint density at radius 2 is 1.39 bits per heavy atom. The van der Waals surface area contributed by atoms with Gasteiger partial charge in [-0.3, -0.25) is 0 Å². The lowest BCUT2D eigenvalue weighted by Gasteiger charge is -1.98. The number of hydrogen-bond acceptors (Lipinski definition) is 1. The maximum atomic E-state index is 2.24. The molecule has 2 heterocycles. The fourth-order valence-electron chi connectivity index (χ4n) is 2.85. The maximum Gasteiger partial charge on any atom is 0.0482 e. The molecule has 0 saturated heterocycles. The predicted molar refractivity (Wildman–Crippen MR) is 104 cm³/mol. The third-order valence-corrected chi connectivity index (χ3v) is 5.25. The van der Waals surface area contributed by atoms with Gasteiger partial charge in [-0.25, -0.2) is 0 Å². The van der Waals surface area contributed by atoms with Gasteiger partial charge in [-0.1, -0.05) is 24.3 Å². The SMILES string of the molecule is Cc1ccc2cc(C)n(C)c2c1.Cc1ccc2cc(C)sc2c1. The van der Waals surface area contributed by atoms with Crippen molar-refractivity contribution in [2.45, 2.75) is 27.7 Å². The summed E-state index contributed by atoms with van der Waals surface area (Å²) < 4.78 is 3.63. The smallest absolute Gasteiger partial charge is 0.0482 e. The van der Waals surface area contributed by atoms with Crippen LogP contribution in [-0.4, -0.2) is 4.57 Å². The molecule has 2 heteroatoms. The summed E-state index contributed by atoms with van der Waals surface area (Å²) in [5.74, 6) is 0. The van der Waals surface area contributed by atoms with Crippen LogP contribution in [0.25, 0.3) is 21.0 Å². The quantitative estimate of drug-likeness (QED) is 0.357. The first kappa shape index (κ1) is 15.8. The van der Waals surface area contributed by atoms with Gasteiger partial charge in [0.15, 0.2) is 0 Å². The van der Waals surface area contributed by atoms with Gasteiger partial charge in [-0.15, -0.1) is 11.3 Å². The van der Waals surface area contributed by atoms with Gasteiger partial charge in [0.1, 0.15) is 0 Å². The maximum absolute atomic E-state index is 2.24. The molecule has 2 aromatic carbocycles. The zero-order chi connectivity index (χ0) is 16.6. The molecule has 4 rings (SSSR count). The van der Waals surface area contributed by atoms with Crippen molar-refractivity contribution in [3.8, 4) is 0 Å². The van der Waals surface area contributed by atoms with Crippen LogP contribution in [0.2, 0.25) is 0 Å². The van der Waals surface area contributed by atoms with Crippen LogP contribution in [0.15, 0.2) is 48.5 Å². The Kier molecular flexibility index (Phi) is 4.27. The molecule has 0 spiro atoms. The molecular weight excluding hydrogens is 298 g/mol. The first-order chi connectivity index (χ1) is 10.9. The average molecular weight is 321 g/mol. The van der Waals surface area contributed by atoms with E-state index in [2.05, 4.69) is 87.8 Å². The highest BCUT2D eigenvalue weighted by Gasteiger charge is 2.00. The van der Waals surface area contributed by atoms with Crippen LogP contribution in [-0.2, 0) is 7.05 Å². The highest BCUT2D eigenvalue weighted by molar-refractivity contribution is 7.19. The van der Waals surface area contributed by atoms with Crippen LogP contribution >= 0.6 is 11.3 Å². The lowest BCUT2D eigenvalue weighted by molar-refractivity contribution is 0.917. The molecule has 0 saturated carbocycles. The minimum absolute atomic E-state index is 1.32. The molecule has 0 fully saturated rings. The lowest BCUT2D eigenvalue weighted by atomic mass is 10.2. The topological polar surface area (TPSA) is 4.93 Å². The van der Waals surface area contributed by atoms with Crippen molar-refractivity contribution in [2.24, 2.45) is 7.05 Å². The number of aromatic nitrogens is 1. The van der Waals surface area contributed by atoms with E-state index in [1.165, 1.54) is 42.7 Å². The lowest BCUT2D eigenvalue weighted by Crippen LogP contribution is -1.89. The summed E-state index contributed by atoms with van der Waals surface area (Å²) in [6.45, 7) is 8.55. The first-order valence-electron chi connectivity index (χ1n) is 7.93. The molecule has 0 aliphatic carbocycles. The molecule has 2 aromatic heterocycles. The Balaban J connectivity index is 0.000000136. The Bertz CT molecular complexity index is 972. The van der Waals surface area contributed by atoms with Crippen LogP contribution in [0.3, 0.4) is 0 Å². The van der Waals surface area contributed by atoms with E-state index in [4.69, 9.17) is 0 Å². The van der Waals surface area contributed by atoms with E-state index < -0.39 is 0 Å². The van der Waals surface area contributed by atoms with Crippen LogP contribution in [0.4, 0.5) is 0 Å². The van der Waals surface area contributed by atoms with E-state index in [0.717, 1.165) is 0 Å². The van der Waals surface area contributed by atoms with Gasteiger partial charge in [0, 0.05) is 27.8 Å². The van der Waals surface area contributed by atoms with Crippen molar-refractivity contribution < 1.29 is 0 Å². The van der Waals surface area contributed by atoms with Gasteiger partial charge in [-0.2, -0.15) is 0 Å². The fraction of sp³-hybridized carbons (Fsp3) is 0.238. The average Bonchev–Trinajstić information content (AvgIpc) is 3.00. The third kappa shape index (κ3) is 3.32. The highest BCUT2D eigenvalue weighted by atomic mass is 32.1. The van der Waals surface area contributed by atoms with Crippen molar-refractivity contribution in [3.63, 3.8) is 0 Å². The number of fused-ring (bicyclic) bond motifs is 2. The molecule has 0 unspecified atom stereocenters. The van der Waals surface area contributed by atoms with Crippen LogP contribution in [0.5, 0.6) is 0 Å². The fourth-order valence-corrected chi connectivity index (χ4v) is 3.87. The van der Waals surface area contributed by atoms with E-state index in [9.17, 15) is 0 Å². The first-order valence-corrected chi connectivity index (χ1v) is 8.75. The van der Waals surface area contributed by atoms with Crippen molar-refractivity contribution >= 4 is 32.3 Å². The Labute approximate surface area is 142 Å². The third-order valence-electron chi connectivity index (χ3n) is 4.24. The molecule has 4 aromatic rings. The summed E-state index contributed by atoms with van der Waals surface area (Å²) in [5.41, 5.74) is 5.31. The van der Waals surface area contributed by atoms with Crippen LogP contribution < -0.4 is 0 Å². The predicted octanol–water partition coefficient (Wildman–Crippen LogP) is 6.31. The number of benzene rings is 2. The summed E-state index contributed by atoms with van der Waals surface area (Å²) in [5, 5.41) is 2.71. The monoisotopic (exact) mass is 321 g/mol. The van der Waals surface area contributed by atoms with Gasteiger partial charge in [0.25, 0.3) is 0 Å². The Morgan fingerprint density at radius 1 is 0.739 bits per heavy atom. The van der Waals surface area contributed by atoms with Gasteiger partial charge in [-0.05, 0) is 73.9 Å². The second-order valence-electron chi connectivity index (χ2n) is 6.31. The second-order valence-corrected chi connectivity index (χ2v) is 7.59. The molecule has 0 N–H and O–H groups in total. The van der Waals surface area contributed by atoms with Crippen molar-refractivity contribution in [2.75, 3.05) is 0 Å². The standard InChI is InChI=1S/C11H13N.C10H10S/c1-8-4-5-10-7-9(2)12(3)11(10)6-8;1-7-3-4-9-6-8(2)11-10(9)5-7/h4-7H,1-3H3;3-6H,1-2H3. The van der Waals surface area contributed by atoms with E-state index in [1.54, 1.807) is 0 Å². The van der Waals surface area contributed by atoms with Gasteiger partial charge in [0.05, 0.1) is 0 Å². The van der Waals surface area contributed by atoms with Gasteiger partial charge in [0.2, 0.25) is 0 Å². The van der Waals surface area contributed by atoms with Crippen molar-refractivity contribution in [1.82, 2.24) is 4.57 Å². The zero-order valence-corrected chi connectivity index (χ0v) is 15.3. The number of nitrogens with zero attached hydrogens (tertiary/aromatic N) is 1. The molecule has 23 heavy (non-hydrogen) atoms.